The molecule has 0 saturated carbocycles. The maximum Gasteiger partial charge on any atom is 0.173 e. The van der Waals surface area contributed by atoms with Crippen LogP contribution in [0.25, 0.3) is 0 Å². The molecular weight excluding hydrogens is 268 g/mol. The molecule has 1 aliphatic rings. The lowest BCUT2D eigenvalue weighted by Crippen LogP contribution is -2.44. The van der Waals surface area contributed by atoms with Crippen molar-refractivity contribution in [3.8, 4) is 0 Å². The minimum atomic E-state index is 0.0813. The number of hydrogen-bond acceptors (Lipinski definition) is 2. The summed E-state index contributed by atoms with van der Waals surface area (Å²) in [7, 11) is 0. The molecule has 0 aliphatic carbocycles. The maximum atomic E-state index is 11.2. The second-order valence-corrected chi connectivity index (χ2v) is 6.30. The molecular formula is C16H22N2OS. The number of likely N-dealkylation sites (tertiary alicyclic amines) is 1. The number of carbonyl (C=O) groups is 1. The van der Waals surface area contributed by atoms with Crippen molar-refractivity contribution in [2.24, 2.45) is 11.8 Å². The summed E-state index contributed by atoms with van der Waals surface area (Å²) in [5.74, 6) is 1.44. The van der Waals surface area contributed by atoms with Crippen LogP contribution in [0.3, 0.4) is 0 Å². The highest BCUT2D eigenvalue weighted by Gasteiger charge is 2.23. The van der Waals surface area contributed by atoms with E-state index in [0.29, 0.717) is 11.8 Å². The molecule has 2 atom stereocenters. The Bertz CT molecular complexity index is 488. The Morgan fingerprint density at radius 1 is 1.20 bits per heavy atom. The SMILES string of the molecule is CC(=O)c1ccc(NC(=S)N2C[C@@H](C)C[C@H](C)C2)cc1. The second kappa shape index (κ2) is 6.35. The summed E-state index contributed by atoms with van der Waals surface area (Å²) < 4.78 is 0. The van der Waals surface area contributed by atoms with Crippen molar-refractivity contribution in [1.82, 2.24) is 4.90 Å². The Kier molecular flexibility index (Phi) is 4.76. The highest BCUT2D eigenvalue weighted by molar-refractivity contribution is 7.80. The molecule has 0 radical (unpaired) electrons. The van der Waals surface area contributed by atoms with Crippen LogP contribution in [0.2, 0.25) is 0 Å². The number of nitrogens with one attached hydrogen (secondary N) is 1. The number of anilines is 1. The fourth-order valence-corrected chi connectivity index (χ4v) is 3.09. The number of hydrogen-bond donors (Lipinski definition) is 1. The number of nitrogens with zero attached hydrogens (tertiary/aromatic N) is 1. The minimum absolute atomic E-state index is 0.0813. The largest absolute Gasteiger partial charge is 0.348 e. The molecule has 1 aromatic carbocycles. The fourth-order valence-electron chi connectivity index (χ4n) is 2.82. The number of thiocarbonyl (C=S) groups is 1. The number of piperidine rings is 1. The molecule has 0 unspecified atom stereocenters. The van der Waals surface area contributed by atoms with E-state index in [1.54, 1.807) is 6.92 Å². The van der Waals surface area contributed by atoms with E-state index in [9.17, 15) is 4.79 Å². The van der Waals surface area contributed by atoms with Gasteiger partial charge in [-0.15, -0.1) is 0 Å². The molecule has 0 amide bonds. The Hall–Kier alpha value is -1.42. The second-order valence-electron chi connectivity index (χ2n) is 5.91. The number of ketones is 1. The minimum Gasteiger partial charge on any atom is -0.348 e. The summed E-state index contributed by atoms with van der Waals surface area (Å²) in [6.07, 6.45) is 1.27. The lowest BCUT2D eigenvalue weighted by Gasteiger charge is -2.36. The lowest BCUT2D eigenvalue weighted by atomic mass is 9.92. The quantitative estimate of drug-likeness (QED) is 0.667. The van der Waals surface area contributed by atoms with E-state index in [2.05, 4.69) is 24.1 Å². The Labute approximate surface area is 126 Å². The third-order valence-electron chi connectivity index (χ3n) is 3.70. The van der Waals surface area contributed by atoms with Crippen molar-refractivity contribution in [2.45, 2.75) is 27.2 Å². The van der Waals surface area contributed by atoms with Crippen molar-refractivity contribution in [3.63, 3.8) is 0 Å². The molecule has 108 valence electrons. The van der Waals surface area contributed by atoms with Crippen LogP contribution < -0.4 is 5.32 Å². The molecule has 0 bridgehead atoms. The number of Topliss-reactive ketones (excluding diaryl/α,β-unsaturated/α-hetero) is 1. The van der Waals surface area contributed by atoms with E-state index >= 15 is 0 Å². The van der Waals surface area contributed by atoms with Gasteiger partial charge in [-0.3, -0.25) is 4.79 Å². The summed E-state index contributed by atoms with van der Waals surface area (Å²) in [4.78, 5) is 13.5. The van der Waals surface area contributed by atoms with E-state index in [0.717, 1.165) is 29.5 Å². The Morgan fingerprint density at radius 3 is 2.25 bits per heavy atom. The molecule has 1 aliphatic heterocycles. The van der Waals surface area contributed by atoms with Gasteiger partial charge < -0.3 is 10.2 Å². The van der Waals surface area contributed by atoms with Gasteiger partial charge in [0.1, 0.15) is 0 Å². The predicted octanol–water partition coefficient (Wildman–Crippen LogP) is 3.56. The first-order valence-electron chi connectivity index (χ1n) is 7.12. The van der Waals surface area contributed by atoms with Crippen LogP contribution in [0, 0.1) is 11.8 Å². The van der Waals surface area contributed by atoms with Gasteiger partial charge in [0.05, 0.1) is 0 Å². The molecule has 0 spiro atoms. The normalized spacial score (nSPS) is 22.4. The van der Waals surface area contributed by atoms with Crippen LogP contribution in [0.5, 0.6) is 0 Å². The molecule has 1 aromatic rings. The molecule has 1 fully saturated rings. The number of carbonyl (C=O) groups excluding carboxylic acids is 1. The maximum absolute atomic E-state index is 11.2. The molecule has 1 N–H and O–H groups in total. The van der Waals surface area contributed by atoms with Crippen LogP contribution in [0.15, 0.2) is 24.3 Å². The van der Waals surface area contributed by atoms with Crippen molar-refractivity contribution in [3.05, 3.63) is 29.8 Å². The van der Waals surface area contributed by atoms with Gasteiger partial charge in [-0.25, -0.2) is 0 Å². The zero-order valence-electron chi connectivity index (χ0n) is 12.3. The third-order valence-corrected chi connectivity index (χ3v) is 4.06. The molecule has 1 heterocycles. The average Bonchev–Trinajstić information content (AvgIpc) is 2.38. The summed E-state index contributed by atoms with van der Waals surface area (Å²) in [5, 5.41) is 4.04. The molecule has 20 heavy (non-hydrogen) atoms. The summed E-state index contributed by atoms with van der Waals surface area (Å²) in [5.41, 5.74) is 1.66. The van der Waals surface area contributed by atoms with E-state index in [-0.39, 0.29) is 5.78 Å². The standard InChI is InChI=1S/C16H22N2OS/c1-11-8-12(2)10-18(9-11)16(20)17-15-6-4-14(5-7-15)13(3)19/h4-7,11-12H,8-10H2,1-3H3,(H,17,20)/t11-,12-/m0/s1. The van der Waals surface area contributed by atoms with Crippen molar-refractivity contribution < 1.29 is 4.79 Å². The molecule has 3 nitrogen and oxygen atoms in total. The highest BCUT2D eigenvalue weighted by Crippen LogP contribution is 2.22. The monoisotopic (exact) mass is 290 g/mol. The van der Waals surface area contributed by atoms with Gasteiger partial charge in [-0.1, -0.05) is 13.8 Å². The van der Waals surface area contributed by atoms with Gasteiger partial charge in [0.15, 0.2) is 10.9 Å². The van der Waals surface area contributed by atoms with E-state index in [1.807, 2.05) is 24.3 Å². The van der Waals surface area contributed by atoms with E-state index in [4.69, 9.17) is 12.2 Å². The van der Waals surface area contributed by atoms with Crippen LogP contribution >= 0.6 is 12.2 Å². The smallest absolute Gasteiger partial charge is 0.173 e. The summed E-state index contributed by atoms with van der Waals surface area (Å²) in [6.45, 7) is 8.15. The first kappa shape index (κ1) is 15.0. The van der Waals surface area contributed by atoms with Crippen molar-refractivity contribution in [2.75, 3.05) is 18.4 Å². The highest BCUT2D eigenvalue weighted by atomic mass is 32.1. The number of rotatable bonds is 2. The van der Waals surface area contributed by atoms with Crippen molar-refractivity contribution >= 4 is 28.8 Å². The zero-order valence-corrected chi connectivity index (χ0v) is 13.2. The van der Waals surface area contributed by atoms with Gasteiger partial charge in [0.2, 0.25) is 0 Å². The van der Waals surface area contributed by atoms with Crippen LogP contribution in [0.1, 0.15) is 37.6 Å². The first-order valence-corrected chi connectivity index (χ1v) is 7.53. The number of benzene rings is 1. The summed E-state index contributed by atoms with van der Waals surface area (Å²) in [6, 6.07) is 7.46. The lowest BCUT2D eigenvalue weighted by molar-refractivity contribution is 0.101. The van der Waals surface area contributed by atoms with Crippen LogP contribution in [0.4, 0.5) is 5.69 Å². The fraction of sp³-hybridized carbons (Fsp3) is 0.500. The summed E-state index contributed by atoms with van der Waals surface area (Å²) >= 11 is 5.49. The van der Waals surface area contributed by atoms with Crippen LogP contribution in [-0.4, -0.2) is 28.9 Å². The predicted molar refractivity (Wildman–Crippen MR) is 87.2 cm³/mol. The van der Waals surface area contributed by atoms with E-state index < -0.39 is 0 Å². The average molecular weight is 290 g/mol. The Morgan fingerprint density at radius 2 is 1.75 bits per heavy atom. The zero-order chi connectivity index (χ0) is 14.7. The molecule has 4 heteroatoms. The topological polar surface area (TPSA) is 32.3 Å². The molecule has 1 saturated heterocycles. The molecule has 0 aromatic heterocycles. The molecule has 2 rings (SSSR count). The Balaban J connectivity index is 1.98. The first-order chi connectivity index (χ1) is 9.45. The van der Waals surface area contributed by atoms with Gasteiger partial charge >= 0.3 is 0 Å². The van der Waals surface area contributed by atoms with Gasteiger partial charge in [0, 0.05) is 24.3 Å². The van der Waals surface area contributed by atoms with E-state index in [1.165, 1.54) is 6.42 Å². The third kappa shape index (κ3) is 3.79. The van der Waals surface area contributed by atoms with Crippen LogP contribution in [-0.2, 0) is 0 Å². The van der Waals surface area contributed by atoms with Crippen molar-refractivity contribution in [1.29, 1.82) is 0 Å². The van der Waals surface area contributed by atoms with Gasteiger partial charge in [0.25, 0.3) is 0 Å². The van der Waals surface area contributed by atoms with Gasteiger partial charge in [-0.05, 0) is 61.7 Å². The van der Waals surface area contributed by atoms with Gasteiger partial charge in [-0.2, -0.15) is 0 Å².